The Morgan fingerprint density at radius 2 is 2.28 bits per heavy atom. The van der Waals surface area contributed by atoms with Gasteiger partial charge in [0.2, 0.25) is 0 Å². The highest BCUT2D eigenvalue weighted by atomic mass is 127. The van der Waals surface area contributed by atoms with Crippen LogP contribution in [0.5, 0.6) is 5.75 Å². The summed E-state index contributed by atoms with van der Waals surface area (Å²) < 4.78 is 7.64. The fourth-order valence-electron chi connectivity index (χ4n) is 2.24. The summed E-state index contributed by atoms with van der Waals surface area (Å²) in [5.74, 6) is 0.783. The number of nitrogens with zero attached hydrogens (tertiary/aromatic N) is 4. The van der Waals surface area contributed by atoms with Gasteiger partial charge in [-0.3, -0.25) is 4.79 Å². The molecule has 0 saturated carbocycles. The molecule has 1 aromatic carbocycles. The number of aromatic nitrogens is 4. The van der Waals surface area contributed by atoms with E-state index in [4.69, 9.17) is 16.3 Å². The van der Waals surface area contributed by atoms with E-state index in [9.17, 15) is 4.79 Å². The van der Waals surface area contributed by atoms with Gasteiger partial charge in [-0.25, -0.2) is 14.6 Å². The van der Waals surface area contributed by atoms with Gasteiger partial charge in [-0.1, -0.05) is 17.7 Å². The van der Waals surface area contributed by atoms with Gasteiger partial charge < -0.3 is 10.1 Å². The smallest absolute Gasteiger partial charge is 0.255 e. The molecule has 3 aromatic rings. The maximum absolute atomic E-state index is 12.6. The number of carbonyl (C=O) groups is 1. The van der Waals surface area contributed by atoms with Gasteiger partial charge in [0, 0.05) is 21.9 Å². The molecular formula is C16H13ClIN5O2. The van der Waals surface area contributed by atoms with Gasteiger partial charge in [0.25, 0.3) is 5.91 Å². The van der Waals surface area contributed by atoms with Gasteiger partial charge in [-0.2, -0.15) is 5.10 Å². The lowest BCUT2D eigenvalue weighted by Crippen LogP contribution is -2.24. The van der Waals surface area contributed by atoms with Gasteiger partial charge in [0.1, 0.15) is 18.4 Å². The third-order valence-corrected chi connectivity index (χ3v) is 4.95. The van der Waals surface area contributed by atoms with Crippen LogP contribution in [0, 0.1) is 3.57 Å². The number of pyridine rings is 1. The summed E-state index contributed by atoms with van der Waals surface area (Å²) in [7, 11) is 1.51. The predicted molar refractivity (Wildman–Crippen MR) is 101 cm³/mol. The number of ether oxygens (including phenoxy) is 1. The number of benzene rings is 1. The number of carbonyl (C=O) groups excluding carboxylic acids is 1. The average molecular weight is 470 g/mol. The van der Waals surface area contributed by atoms with Crippen molar-refractivity contribution in [2.75, 3.05) is 7.11 Å². The molecule has 0 aliphatic heterocycles. The number of hydrogen-bond donors (Lipinski definition) is 1. The molecule has 7 nitrogen and oxygen atoms in total. The van der Waals surface area contributed by atoms with Crippen LogP contribution in [0.3, 0.4) is 0 Å². The number of methoxy groups -OCH3 is 1. The summed E-state index contributed by atoms with van der Waals surface area (Å²) in [6, 6.07) is 6.98. The van der Waals surface area contributed by atoms with Crippen LogP contribution < -0.4 is 10.1 Å². The number of rotatable bonds is 5. The lowest BCUT2D eigenvalue weighted by molar-refractivity contribution is 0.0948. The Hall–Kier alpha value is -2.20. The second-order valence-electron chi connectivity index (χ2n) is 4.98. The molecule has 1 N–H and O–H groups in total. The maximum atomic E-state index is 12.6. The molecule has 128 valence electrons. The van der Waals surface area contributed by atoms with Crippen LogP contribution in [0.25, 0.3) is 5.82 Å². The standard InChI is InChI=1S/C16H13ClIN5O2/c1-25-14-6-13(18)12(17)5-11(14)16(24)21-7-10-3-2-4-20-15(10)23-9-19-8-22-23/h2-6,8-9H,7H2,1H3,(H,21,24). The van der Waals surface area contributed by atoms with Crippen LogP contribution in [0.4, 0.5) is 0 Å². The monoisotopic (exact) mass is 469 g/mol. The predicted octanol–water partition coefficient (Wildman–Crippen LogP) is 2.86. The van der Waals surface area contributed by atoms with Crippen LogP contribution in [0.15, 0.2) is 43.1 Å². The molecule has 0 spiro atoms. The lowest BCUT2D eigenvalue weighted by atomic mass is 10.1. The number of amides is 1. The summed E-state index contributed by atoms with van der Waals surface area (Å²) in [6.45, 7) is 0.272. The quantitative estimate of drug-likeness (QED) is 0.581. The van der Waals surface area contributed by atoms with Crippen LogP contribution in [0.2, 0.25) is 5.02 Å². The molecule has 9 heteroatoms. The van der Waals surface area contributed by atoms with Crippen molar-refractivity contribution >= 4 is 40.1 Å². The van der Waals surface area contributed by atoms with Crippen molar-refractivity contribution in [2.24, 2.45) is 0 Å². The zero-order valence-corrected chi connectivity index (χ0v) is 16.0. The summed E-state index contributed by atoms with van der Waals surface area (Å²) in [5, 5.41) is 7.43. The molecule has 0 unspecified atom stereocenters. The van der Waals surface area contributed by atoms with Crippen LogP contribution >= 0.6 is 34.2 Å². The number of halogens is 2. The van der Waals surface area contributed by atoms with Crippen LogP contribution in [-0.2, 0) is 6.54 Å². The van der Waals surface area contributed by atoms with Gasteiger partial charge in [-0.05, 0) is 40.8 Å². The fraction of sp³-hybridized carbons (Fsp3) is 0.125. The third-order valence-electron chi connectivity index (χ3n) is 3.43. The van der Waals surface area contributed by atoms with E-state index in [2.05, 4.69) is 43.0 Å². The molecule has 0 aliphatic carbocycles. The Balaban J connectivity index is 1.81. The van der Waals surface area contributed by atoms with Gasteiger partial charge in [-0.15, -0.1) is 0 Å². The Kier molecular flexibility index (Phi) is 5.49. The molecule has 25 heavy (non-hydrogen) atoms. The molecule has 0 saturated heterocycles. The largest absolute Gasteiger partial charge is 0.496 e. The van der Waals surface area contributed by atoms with Crippen molar-refractivity contribution in [1.82, 2.24) is 25.1 Å². The molecule has 2 heterocycles. The van der Waals surface area contributed by atoms with Gasteiger partial charge in [0.15, 0.2) is 5.82 Å². The first-order valence-corrected chi connectivity index (χ1v) is 8.66. The summed E-state index contributed by atoms with van der Waals surface area (Å²) in [6.07, 6.45) is 4.63. The SMILES string of the molecule is COc1cc(I)c(Cl)cc1C(=O)NCc1cccnc1-n1cncn1. The molecule has 0 atom stereocenters. The second kappa shape index (κ2) is 7.79. The molecule has 0 radical (unpaired) electrons. The minimum atomic E-state index is -0.288. The van der Waals surface area contributed by atoms with Crippen molar-refractivity contribution < 1.29 is 9.53 Å². The first kappa shape index (κ1) is 17.6. The first-order chi connectivity index (χ1) is 12.1. The molecule has 0 fully saturated rings. The van der Waals surface area contributed by atoms with Crippen LogP contribution in [-0.4, -0.2) is 32.8 Å². The Morgan fingerprint density at radius 3 is 3.00 bits per heavy atom. The highest BCUT2D eigenvalue weighted by Gasteiger charge is 2.16. The molecule has 3 rings (SSSR count). The van der Waals surface area contributed by atoms with Crippen molar-refractivity contribution in [3.8, 4) is 11.6 Å². The van der Waals surface area contributed by atoms with Gasteiger partial charge in [0.05, 0.1) is 17.7 Å². The van der Waals surface area contributed by atoms with Crippen LogP contribution in [0.1, 0.15) is 15.9 Å². The van der Waals surface area contributed by atoms with Crippen molar-refractivity contribution in [1.29, 1.82) is 0 Å². The summed E-state index contributed by atoms with van der Waals surface area (Å²) in [5.41, 5.74) is 1.18. The van der Waals surface area contributed by atoms with E-state index in [1.54, 1.807) is 35.4 Å². The Bertz CT molecular complexity index is 902. The minimum Gasteiger partial charge on any atom is -0.496 e. The molecule has 0 bridgehead atoms. The van der Waals surface area contributed by atoms with E-state index in [1.807, 2.05) is 6.07 Å². The van der Waals surface area contributed by atoms with E-state index in [-0.39, 0.29) is 12.5 Å². The zero-order chi connectivity index (χ0) is 17.8. The Morgan fingerprint density at radius 1 is 1.44 bits per heavy atom. The van der Waals surface area contributed by atoms with E-state index in [0.717, 1.165) is 9.13 Å². The van der Waals surface area contributed by atoms with Gasteiger partial charge >= 0.3 is 0 Å². The summed E-state index contributed by atoms with van der Waals surface area (Å²) >= 11 is 8.21. The summed E-state index contributed by atoms with van der Waals surface area (Å²) in [4.78, 5) is 20.8. The second-order valence-corrected chi connectivity index (χ2v) is 6.54. The van der Waals surface area contributed by atoms with E-state index < -0.39 is 0 Å². The zero-order valence-electron chi connectivity index (χ0n) is 13.1. The minimum absolute atomic E-state index is 0.272. The lowest BCUT2D eigenvalue weighted by Gasteiger charge is -2.12. The van der Waals surface area contributed by atoms with E-state index in [0.29, 0.717) is 22.2 Å². The molecule has 2 aromatic heterocycles. The molecule has 0 aliphatic rings. The van der Waals surface area contributed by atoms with Crippen molar-refractivity contribution in [3.63, 3.8) is 0 Å². The maximum Gasteiger partial charge on any atom is 0.255 e. The molecule has 1 amide bonds. The third kappa shape index (κ3) is 3.90. The van der Waals surface area contributed by atoms with Crippen molar-refractivity contribution in [3.05, 3.63) is 62.8 Å². The fourth-order valence-corrected chi connectivity index (χ4v) is 2.84. The topological polar surface area (TPSA) is 81.9 Å². The number of hydrogen-bond acceptors (Lipinski definition) is 5. The number of nitrogens with one attached hydrogen (secondary N) is 1. The Labute approximate surface area is 162 Å². The van der Waals surface area contributed by atoms with E-state index >= 15 is 0 Å². The first-order valence-electron chi connectivity index (χ1n) is 7.20. The van der Waals surface area contributed by atoms with E-state index in [1.165, 1.54) is 13.4 Å². The highest BCUT2D eigenvalue weighted by molar-refractivity contribution is 14.1. The average Bonchev–Trinajstić information content (AvgIpc) is 3.16. The highest BCUT2D eigenvalue weighted by Crippen LogP contribution is 2.28. The molecular weight excluding hydrogens is 457 g/mol. The normalized spacial score (nSPS) is 10.5. The van der Waals surface area contributed by atoms with Crippen molar-refractivity contribution in [2.45, 2.75) is 6.54 Å².